The molecule has 2 atom stereocenters. The molecule has 29 heavy (non-hydrogen) atoms. The fourth-order valence-corrected chi connectivity index (χ4v) is 6.52. The summed E-state index contributed by atoms with van der Waals surface area (Å²) in [5.41, 5.74) is 5.73. The van der Waals surface area contributed by atoms with Crippen molar-refractivity contribution in [2.24, 2.45) is 5.92 Å². The molecule has 4 rings (SSSR count). The molecule has 0 saturated heterocycles. The number of nitrogens with one attached hydrogen (secondary N) is 1. The zero-order valence-electron chi connectivity index (χ0n) is 17.6. The number of hydrogen-bond acceptors (Lipinski definition) is 5. The van der Waals surface area contributed by atoms with Gasteiger partial charge in [0.05, 0.1) is 5.25 Å². The highest BCUT2D eigenvalue weighted by Gasteiger charge is 2.25. The van der Waals surface area contributed by atoms with Crippen LogP contribution >= 0.6 is 23.1 Å². The summed E-state index contributed by atoms with van der Waals surface area (Å²) < 4.78 is 0. The molecule has 0 unspecified atom stereocenters. The van der Waals surface area contributed by atoms with Gasteiger partial charge < -0.3 is 5.32 Å². The number of thioether (sulfide) groups is 1. The summed E-state index contributed by atoms with van der Waals surface area (Å²) in [6.07, 6.45) is 5.05. The molecule has 2 heterocycles. The van der Waals surface area contributed by atoms with Gasteiger partial charge in [0, 0.05) is 16.0 Å². The minimum Gasteiger partial charge on any atom is -0.325 e. The first kappa shape index (κ1) is 20.4. The Morgan fingerprint density at radius 3 is 2.69 bits per heavy atom. The third-order valence-electron chi connectivity index (χ3n) is 5.64. The van der Waals surface area contributed by atoms with Crippen molar-refractivity contribution in [3.63, 3.8) is 0 Å². The first-order valence-corrected chi connectivity index (χ1v) is 11.8. The highest BCUT2D eigenvalue weighted by molar-refractivity contribution is 8.00. The van der Waals surface area contributed by atoms with Gasteiger partial charge in [-0.15, -0.1) is 11.3 Å². The molecule has 0 bridgehead atoms. The van der Waals surface area contributed by atoms with Crippen LogP contribution in [0, 0.1) is 26.7 Å². The smallest absolute Gasteiger partial charge is 0.237 e. The monoisotopic (exact) mass is 425 g/mol. The van der Waals surface area contributed by atoms with Gasteiger partial charge in [0.15, 0.2) is 0 Å². The Balaban J connectivity index is 1.58. The molecule has 1 amide bonds. The van der Waals surface area contributed by atoms with E-state index in [0.717, 1.165) is 45.4 Å². The molecule has 0 spiro atoms. The van der Waals surface area contributed by atoms with Gasteiger partial charge >= 0.3 is 0 Å². The molecule has 2 aromatic heterocycles. The van der Waals surface area contributed by atoms with Gasteiger partial charge in [-0.1, -0.05) is 36.4 Å². The highest BCUT2D eigenvalue weighted by Crippen LogP contribution is 2.41. The largest absolute Gasteiger partial charge is 0.325 e. The maximum Gasteiger partial charge on any atom is 0.237 e. The lowest BCUT2D eigenvalue weighted by Gasteiger charge is -2.19. The number of carbonyl (C=O) groups excluding carboxylic acids is 1. The van der Waals surface area contributed by atoms with Gasteiger partial charge in [0.1, 0.15) is 16.2 Å². The minimum absolute atomic E-state index is 0.00883. The second-order valence-corrected chi connectivity index (χ2v) is 10.6. The predicted molar refractivity (Wildman–Crippen MR) is 123 cm³/mol. The number of carbonyl (C=O) groups is 1. The summed E-state index contributed by atoms with van der Waals surface area (Å²) in [6.45, 7) is 10.4. The van der Waals surface area contributed by atoms with Crippen molar-refractivity contribution in [1.82, 2.24) is 9.97 Å². The first-order valence-electron chi connectivity index (χ1n) is 10.1. The van der Waals surface area contributed by atoms with Gasteiger partial charge in [-0.05, 0) is 69.6 Å². The Morgan fingerprint density at radius 1 is 1.24 bits per heavy atom. The number of fused-ring (bicyclic) bond motifs is 3. The molecule has 1 aliphatic carbocycles. The molecule has 0 saturated carbocycles. The number of nitrogens with zero attached hydrogens (tertiary/aromatic N) is 2. The van der Waals surface area contributed by atoms with Crippen LogP contribution in [0.25, 0.3) is 10.2 Å². The average Bonchev–Trinajstić information content (AvgIpc) is 3.02. The number of aromatic nitrogens is 2. The van der Waals surface area contributed by atoms with Gasteiger partial charge in [-0.25, -0.2) is 9.97 Å². The molecule has 152 valence electrons. The standard InChI is InChI=1S/C23H27N3OS2/c1-12-6-7-17-18(10-12)29-23-19(17)22(24-11-25-23)28-16(5)21(27)26-20-14(3)8-13(2)9-15(20)4/h8-9,11-12,16H,6-7,10H2,1-5H3,(H,26,27)/t12-,16+/m1/s1. The van der Waals surface area contributed by atoms with Crippen LogP contribution < -0.4 is 5.32 Å². The predicted octanol–water partition coefficient (Wildman–Crippen LogP) is 5.86. The molecular weight excluding hydrogens is 398 g/mol. The molecule has 0 fully saturated rings. The van der Waals surface area contributed by atoms with Gasteiger partial charge in [0.2, 0.25) is 5.91 Å². The maximum atomic E-state index is 12.9. The van der Waals surface area contributed by atoms with E-state index in [1.807, 2.05) is 20.8 Å². The molecule has 6 heteroatoms. The van der Waals surface area contributed by atoms with Crippen LogP contribution in [-0.4, -0.2) is 21.1 Å². The Morgan fingerprint density at radius 2 is 1.97 bits per heavy atom. The maximum absolute atomic E-state index is 12.9. The SMILES string of the molecule is Cc1cc(C)c(NC(=O)[C@H](C)Sc2ncnc3sc4c(c23)CC[C@@H](C)C4)c(C)c1. The first-order chi connectivity index (χ1) is 13.8. The van der Waals surface area contributed by atoms with Gasteiger partial charge in [-0.3, -0.25) is 4.79 Å². The fourth-order valence-electron chi connectivity index (χ4n) is 4.16. The van der Waals surface area contributed by atoms with E-state index in [-0.39, 0.29) is 11.2 Å². The number of rotatable bonds is 4. The summed E-state index contributed by atoms with van der Waals surface area (Å²) in [4.78, 5) is 24.5. The summed E-state index contributed by atoms with van der Waals surface area (Å²) in [6, 6.07) is 4.21. The van der Waals surface area contributed by atoms with Crippen molar-refractivity contribution in [2.45, 2.75) is 64.2 Å². The lowest BCUT2D eigenvalue weighted by molar-refractivity contribution is -0.115. The quantitative estimate of drug-likeness (QED) is 0.420. The second-order valence-electron chi connectivity index (χ2n) is 8.23. The van der Waals surface area contributed by atoms with E-state index in [1.54, 1.807) is 17.7 Å². The molecule has 0 aliphatic heterocycles. The summed E-state index contributed by atoms with van der Waals surface area (Å²) in [5.74, 6) is 0.736. The zero-order chi connectivity index (χ0) is 20.7. The normalized spacial score (nSPS) is 17.2. The fraction of sp³-hybridized carbons (Fsp3) is 0.435. The van der Waals surface area contributed by atoms with Gasteiger partial charge in [0.25, 0.3) is 0 Å². The molecular formula is C23H27N3OS2. The van der Waals surface area contributed by atoms with E-state index in [4.69, 9.17) is 0 Å². The minimum atomic E-state index is -0.244. The Bertz CT molecular complexity index is 1070. The van der Waals surface area contributed by atoms with Crippen molar-refractivity contribution < 1.29 is 4.79 Å². The van der Waals surface area contributed by atoms with E-state index >= 15 is 0 Å². The molecule has 1 aliphatic rings. The lowest BCUT2D eigenvalue weighted by Crippen LogP contribution is -2.23. The zero-order valence-corrected chi connectivity index (χ0v) is 19.3. The topological polar surface area (TPSA) is 54.9 Å². The van der Waals surface area contributed by atoms with Crippen LogP contribution in [0.2, 0.25) is 0 Å². The second kappa shape index (κ2) is 8.07. The van der Waals surface area contributed by atoms with E-state index in [0.29, 0.717) is 0 Å². The molecule has 4 nitrogen and oxygen atoms in total. The number of hydrogen-bond donors (Lipinski definition) is 1. The van der Waals surface area contributed by atoms with Crippen LogP contribution in [-0.2, 0) is 17.6 Å². The van der Waals surface area contributed by atoms with E-state index in [2.05, 4.69) is 41.3 Å². The summed E-state index contributed by atoms with van der Waals surface area (Å²) in [7, 11) is 0. The van der Waals surface area contributed by atoms with Gasteiger partial charge in [-0.2, -0.15) is 0 Å². The third kappa shape index (κ3) is 4.05. The van der Waals surface area contributed by atoms with Crippen molar-refractivity contribution in [1.29, 1.82) is 0 Å². The molecule has 3 aromatic rings. The van der Waals surface area contributed by atoms with Crippen LogP contribution in [0.4, 0.5) is 5.69 Å². The Kier molecular flexibility index (Phi) is 5.67. The highest BCUT2D eigenvalue weighted by atomic mass is 32.2. The average molecular weight is 426 g/mol. The number of amides is 1. The van der Waals surface area contributed by atoms with Crippen molar-refractivity contribution in [2.75, 3.05) is 5.32 Å². The number of benzene rings is 1. The Labute approximate surface area is 180 Å². The van der Waals surface area contributed by atoms with Crippen molar-refractivity contribution in [3.05, 3.63) is 45.6 Å². The summed E-state index contributed by atoms with van der Waals surface area (Å²) in [5, 5.41) is 5.00. The molecule has 1 aromatic carbocycles. The number of anilines is 1. The lowest BCUT2D eigenvalue weighted by atomic mass is 9.89. The van der Waals surface area contributed by atoms with Crippen molar-refractivity contribution in [3.8, 4) is 0 Å². The number of thiophene rings is 1. The molecule has 0 radical (unpaired) electrons. The van der Waals surface area contributed by atoms with Crippen LogP contribution in [0.3, 0.4) is 0 Å². The van der Waals surface area contributed by atoms with E-state index < -0.39 is 0 Å². The van der Waals surface area contributed by atoms with Crippen molar-refractivity contribution >= 4 is 44.9 Å². The van der Waals surface area contributed by atoms with E-state index in [9.17, 15) is 4.79 Å². The molecule has 1 N–H and O–H groups in total. The summed E-state index contributed by atoms with van der Waals surface area (Å²) >= 11 is 3.33. The van der Waals surface area contributed by atoms with Crippen LogP contribution in [0.1, 0.15) is 47.4 Å². The number of aryl methyl sites for hydroxylation is 4. The van der Waals surface area contributed by atoms with Crippen LogP contribution in [0.5, 0.6) is 0 Å². The Hall–Kier alpha value is -1.92. The van der Waals surface area contributed by atoms with E-state index in [1.165, 1.54) is 39.6 Å². The third-order valence-corrected chi connectivity index (χ3v) is 7.90. The van der Waals surface area contributed by atoms with Crippen LogP contribution in [0.15, 0.2) is 23.5 Å².